The Kier molecular flexibility index (Phi) is 5.99. The molecule has 1 fully saturated rings. The summed E-state index contributed by atoms with van der Waals surface area (Å²) in [5.74, 6) is -1.45. The number of hydrogen-bond acceptors (Lipinski definition) is 7. The number of carbonyl (C=O) groups is 2. The van der Waals surface area contributed by atoms with Gasteiger partial charge >= 0.3 is 6.09 Å². The molecule has 0 aliphatic carbocycles. The van der Waals surface area contributed by atoms with Crippen molar-refractivity contribution in [2.24, 2.45) is 5.73 Å². The summed E-state index contributed by atoms with van der Waals surface area (Å²) in [4.78, 5) is 28.8. The fraction of sp³-hybridized carbons (Fsp3) is 0.333. The third-order valence-electron chi connectivity index (χ3n) is 5.40. The maximum Gasteiger partial charge on any atom is 0.422 e. The predicted molar refractivity (Wildman–Crippen MR) is 127 cm³/mol. The Morgan fingerprint density at radius 1 is 1.12 bits per heavy atom. The molecule has 33 heavy (non-hydrogen) atoms. The third kappa shape index (κ3) is 4.49. The Morgan fingerprint density at radius 2 is 1.76 bits per heavy atom. The fourth-order valence-corrected chi connectivity index (χ4v) is 4.18. The molecule has 0 atom stereocenters. The Hall–Kier alpha value is -3.23. The van der Waals surface area contributed by atoms with Crippen LogP contribution in [0.25, 0.3) is 16.7 Å². The van der Waals surface area contributed by atoms with E-state index in [0.717, 1.165) is 29.2 Å². The van der Waals surface area contributed by atoms with Crippen LogP contribution in [0, 0.1) is 0 Å². The number of fused-ring (bicyclic) bond motifs is 1. The van der Waals surface area contributed by atoms with Crippen molar-refractivity contribution in [2.45, 2.75) is 26.4 Å². The Balaban J connectivity index is 1.73. The van der Waals surface area contributed by atoms with Gasteiger partial charge in [0, 0.05) is 29.9 Å². The van der Waals surface area contributed by atoms with Crippen LogP contribution in [0.4, 0.5) is 16.2 Å². The molecule has 9 heteroatoms. The lowest BCUT2D eigenvalue weighted by atomic mass is 9.99. The van der Waals surface area contributed by atoms with Crippen molar-refractivity contribution >= 4 is 40.5 Å². The minimum atomic E-state index is -0.872. The van der Waals surface area contributed by atoms with Gasteiger partial charge in [-0.3, -0.25) is 4.79 Å². The number of rotatable bonds is 2. The van der Waals surface area contributed by atoms with Crippen LogP contribution >= 0.6 is 11.6 Å². The molecule has 0 unspecified atom stereocenters. The molecule has 2 aromatic rings. The van der Waals surface area contributed by atoms with Crippen LogP contribution in [0.5, 0.6) is 0 Å². The summed E-state index contributed by atoms with van der Waals surface area (Å²) >= 11 is 6.58. The van der Waals surface area contributed by atoms with Gasteiger partial charge in [0.1, 0.15) is 11.2 Å². The van der Waals surface area contributed by atoms with Gasteiger partial charge in [0.25, 0.3) is 5.91 Å². The van der Waals surface area contributed by atoms with E-state index in [1.807, 2.05) is 24.3 Å². The van der Waals surface area contributed by atoms with Crippen LogP contribution < -0.4 is 15.5 Å². The van der Waals surface area contributed by atoms with Gasteiger partial charge in [-0.2, -0.15) is 0 Å². The number of benzene rings is 2. The summed E-state index contributed by atoms with van der Waals surface area (Å²) in [6.07, 6.45) is -0.872. The number of nitrogens with two attached hydrogens (primary N) is 1. The molecule has 0 spiro atoms. The summed E-state index contributed by atoms with van der Waals surface area (Å²) in [7, 11) is 0. The van der Waals surface area contributed by atoms with E-state index >= 15 is 0 Å². The lowest BCUT2D eigenvalue weighted by Gasteiger charge is -2.29. The van der Waals surface area contributed by atoms with Crippen molar-refractivity contribution in [3.05, 3.63) is 52.9 Å². The zero-order valence-corrected chi connectivity index (χ0v) is 19.5. The van der Waals surface area contributed by atoms with Crippen molar-refractivity contribution in [3.63, 3.8) is 0 Å². The number of aliphatic hydroxyl groups is 1. The molecular formula is C24H26ClN3O5. The van der Waals surface area contributed by atoms with Gasteiger partial charge < -0.3 is 25.2 Å². The van der Waals surface area contributed by atoms with E-state index in [2.05, 4.69) is 4.90 Å². The Bertz CT molecular complexity index is 1130. The van der Waals surface area contributed by atoms with Crippen LogP contribution in [0.2, 0.25) is 5.02 Å². The van der Waals surface area contributed by atoms with E-state index in [1.165, 1.54) is 6.07 Å². The highest BCUT2D eigenvalue weighted by atomic mass is 35.5. The molecule has 174 valence electrons. The van der Waals surface area contributed by atoms with Crippen LogP contribution in [-0.2, 0) is 14.3 Å². The molecule has 1 saturated heterocycles. The first-order valence-corrected chi connectivity index (χ1v) is 11.0. The zero-order chi connectivity index (χ0) is 23.9. The van der Waals surface area contributed by atoms with Gasteiger partial charge in [0.2, 0.25) is 0 Å². The zero-order valence-electron chi connectivity index (χ0n) is 18.7. The van der Waals surface area contributed by atoms with Crippen LogP contribution in [0.3, 0.4) is 0 Å². The standard InChI is InChI=1S/C24H26ClN3O5/c1-24(2,3)33-23(31)28-19-13-18(25)16(12-17(19)20(21(26)29)22(28)30)14-4-6-15(7-5-14)27-8-10-32-11-9-27/h4-7,12-13,29H,8-11,26H2,1-3H3/b21-20+. The second-order valence-corrected chi connectivity index (χ2v) is 9.28. The number of carbonyl (C=O) groups excluding carboxylic acids is 2. The van der Waals surface area contributed by atoms with Gasteiger partial charge in [-0.25, -0.2) is 9.69 Å². The molecule has 0 saturated carbocycles. The lowest BCUT2D eigenvalue weighted by Crippen LogP contribution is -2.38. The number of imide groups is 1. The number of aliphatic hydroxyl groups excluding tert-OH is 1. The highest BCUT2D eigenvalue weighted by Gasteiger charge is 2.41. The van der Waals surface area contributed by atoms with Gasteiger partial charge in [-0.05, 0) is 50.6 Å². The molecular weight excluding hydrogens is 446 g/mol. The van der Waals surface area contributed by atoms with Crippen molar-refractivity contribution in [3.8, 4) is 11.1 Å². The van der Waals surface area contributed by atoms with E-state index in [1.54, 1.807) is 26.8 Å². The van der Waals surface area contributed by atoms with Gasteiger partial charge in [0.15, 0.2) is 5.88 Å². The average Bonchev–Trinajstić information content (AvgIpc) is 3.03. The van der Waals surface area contributed by atoms with Crippen LogP contribution in [-0.4, -0.2) is 49.0 Å². The molecule has 0 radical (unpaired) electrons. The molecule has 3 N–H and O–H groups in total. The largest absolute Gasteiger partial charge is 0.494 e. The molecule has 8 nitrogen and oxygen atoms in total. The number of halogens is 1. The summed E-state index contributed by atoms with van der Waals surface area (Å²) in [5.41, 5.74) is 7.67. The quantitative estimate of drug-likeness (QED) is 0.496. The third-order valence-corrected chi connectivity index (χ3v) is 5.71. The maximum absolute atomic E-state index is 13.0. The maximum atomic E-state index is 13.0. The highest BCUT2D eigenvalue weighted by Crippen LogP contribution is 2.44. The molecule has 2 aromatic carbocycles. The van der Waals surface area contributed by atoms with Gasteiger partial charge in [-0.1, -0.05) is 23.7 Å². The average molecular weight is 472 g/mol. The van der Waals surface area contributed by atoms with Gasteiger partial charge in [0.05, 0.1) is 23.9 Å². The Morgan fingerprint density at radius 3 is 2.33 bits per heavy atom. The van der Waals surface area contributed by atoms with Crippen molar-refractivity contribution in [2.75, 3.05) is 36.1 Å². The second kappa shape index (κ2) is 8.61. The first-order valence-electron chi connectivity index (χ1n) is 10.6. The van der Waals surface area contributed by atoms with E-state index in [-0.39, 0.29) is 11.3 Å². The van der Waals surface area contributed by atoms with Crippen molar-refractivity contribution < 1.29 is 24.2 Å². The number of anilines is 2. The summed E-state index contributed by atoms with van der Waals surface area (Å²) < 4.78 is 10.8. The molecule has 2 aliphatic heterocycles. The fourth-order valence-electron chi connectivity index (χ4n) is 3.92. The van der Waals surface area contributed by atoms with Gasteiger partial charge in [-0.15, -0.1) is 0 Å². The molecule has 4 rings (SSSR count). The SMILES string of the molecule is CC(C)(C)OC(=O)N1C(=O)/C(=C(\N)O)c2cc(-c3ccc(N4CCOCC4)cc3)c(Cl)cc21. The number of hydrogen-bond donors (Lipinski definition) is 2. The topological polar surface area (TPSA) is 105 Å². The number of amides is 2. The number of ether oxygens (including phenoxy) is 2. The Labute approximate surface area is 197 Å². The minimum Gasteiger partial charge on any atom is -0.494 e. The van der Waals surface area contributed by atoms with E-state index in [9.17, 15) is 14.7 Å². The number of morpholine rings is 1. The smallest absolute Gasteiger partial charge is 0.422 e. The first kappa shape index (κ1) is 22.9. The molecule has 0 aromatic heterocycles. The van der Waals surface area contributed by atoms with E-state index in [0.29, 0.717) is 29.4 Å². The second-order valence-electron chi connectivity index (χ2n) is 8.88. The van der Waals surface area contributed by atoms with Crippen molar-refractivity contribution in [1.82, 2.24) is 0 Å². The first-order chi connectivity index (χ1) is 15.6. The molecule has 2 aliphatic rings. The minimum absolute atomic E-state index is 0.168. The van der Waals surface area contributed by atoms with Crippen LogP contribution in [0.15, 0.2) is 42.3 Å². The monoisotopic (exact) mass is 471 g/mol. The summed E-state index contributed by atoms with van der Waals surface area (Å²) in [5, 5.41) is 10.4. The van der Waals surface area contributed by atoms with E-state index < -0.39 is 23.5 Å². The lowest BCUT2D eigenvalue weighted by molar-refractivity contribution is -0.112. The summed E-state index contributed by atoms with van der Waals surface area (Å²) in [6.45, 7) is 8.12. The van der Waals surface area contributed by atoms with Crippen LogP contribution in [0.1, 0.15) is 26.3 Å². The molecule has 2 heterocycles. The molecule has 0 bridgehead atoms. The van der Waals surface area contributed by atoms with Crippen molar-refractivity contribution in [1.29, 1.82) is 0 Å². The highest BCUT2D eigenvalue weighted by molar-refractivity contribution is 6.41. The summed E-state index contributed by atoms with van der Waals surface area (Å²) in [6, 6.07) is 11.0. The molecule has 2 amide bonds. The number of nitrogens with zero attached hydrogens (tertiary/aromatic N) is 2. The van der Waals surface area contributed by atoms with E-state index in [4.69, 9.17) is 26.8 Å². The normalized spacial score (nSPS) is 17.8. The predicted octanol–water partition coefficient (Wildman–Crippen LogP) is 4.31.